The summed E-state index contributed by atoms with van der Waals surface area (Å²) in [5.41, 5.74) is -0.0371. The van der Waals surface area contributed by atoms with E-state index in [0.717, 1.165) is 63.8 Å². The molecule has 1 aliphatic heterocycles. The Kier molecular flexibility index (Phi) is 11.4. The zero-order valence-corrected chi connectivity index (χ0v) is 20.3. The van der Waals surface area contributed by atoms with E-state index in [1.54, 1.807) is 7.11 Å². The van der Waals surface area contributed by atoms with Crippen molar-refractivity contribution in [1.82, 2.24) is 15.2 Å². The number of guanidine groups is 1. The van der Waals surface area contributed by atoms with Crippen LogP contribution in [0.1, 0.15) is 58.6 Å². The fourth-order valence-electron chi connectivity index (χ4n) is 2.99. The highest BCUT2D eigenvalue weighted by molar-refractivity contribution is 14.0. The van der Waals surface area contributed by atoms with Crippen molar-refractivity contribution in [3.63, 3.8) is 0 Å². The van der Waals surface area contributed by atoms with Gasteiger partial charge in [0.2, 0.25) is 5.89 Å². The number of nitrogens with zero attached hydrogens (tertiary/aromatic N) is 3. The second-order valence-corrected chi connectivity index (χ2v) is 7.94. The molecule has 1 aromatic rings. The second kappa shape index (κ2) is 12.6. The molecular weight excluding hydrogens is 471 g/mol. The molecule has 0 aliphatic carbocycles. The first-order valence-electron chi connectivity index (χ1n) is 10.0. The number of methoxy groups -OCH3 is 1. The van der Waals surface area contributed by atoms with Crippen LogP contribution in [0.5, 0.6) is 0 Å². The van der Waals surface area contributed by atoms with Crippen molar-refractivity contribution >= 4 is 29.9 Å². The Morgan fingerprint density at radius 1 is 1.32 bits per heavy atom. The van der Waals surface area contributed by atoms with Crippen LogP contribution in [-0.4, -0.2) is 61.9 Å². The average molecular weight is 508 g/mol. The number of oxazole rings is 1. The van der Waals surface area contributed by atoms with Gasteiger partial charge in [-0.3, -0.25) is 0 Å². The lowest BCUT2D eigenvalue weighted by Crippen LogP contribution is -2.47. The molecule has 2 rings (SSSR count). The predicted octanol–water partition coefficient (Wildman–Crippen LogP) is 3.57. The van der Waals surface area contributed by atoms with Crippen LogP contribution >= 0.6 is 24.0 Å². The van der Waals surface area contributed by atoms with E-state index >= 15 is 0 Å². The minimum absolute atomic E-state index is 0. The summed E-state index contributed by atoms with van der Waals surface area (Å²) in [6.07, 6.45) is 5.13. The maximum Gasteiger partial charge on any atom is 0.216 e. The number of rotatable bonds is 8. The Labute approximate surface area is 186 Å². The molecule has 0 saturated carbocycles. The molecule has 0 unspecified atom stereocenters. The first kappa shape index (κ1) is 25.2. The Bertz CT molecular complexity index is 578. The van der Waals surface area contributed by atoms with Gasteiger partial charge in [-0.25, -0.2) is 9.98 Å². The number of hydrogen-bond donors (Lipinski definition) is 1. The minimum Gasteiger partial charge on any atom is -0.443 e. The van der Waals surface area contributed by atoms with Gasteiger partial charge in [-0.15, -0.1) is 24.0 Å². The second-order valence-electron chi connectivity index (χ2n) is 7.94. The van der Waals surface area contributed by atoms with Crippen LogP contribution in [0.3, 0.4) is 0 Å². The molecule has 1 N–H and O–H groups in total. The number of aliphatic imine (C=N–C) groups is 1. The van der Waals surface area contributed by atoms with Crippen molar-refractivity contribution < 1.29 is 13.9 Å². The standard InChI is InChI=1S/C20H36N4O3.HI/c1-6-21-19(23-15-18-22-14-17(27-18)20(2,3)4)24-10-8-16(9-11-24)26-13-7-12-25-5;/h14,16H,6-13,15H2,1-5H3,(H,21,23);1H. The zero-order chi connectivity index (χ0) is 19.7. The molecule has 0 aromatic carbocycles. The fraction of sp³-hybridized carbons (Fsp3) is 0.800. The van der Waals surface area contributed by atoms with E-state index in [-0.39, 0.29) is 29.4 Å². The van der Waals surface area contributed by atoms with E-state index in [9.17, 15) is 0 Å². The van der Waals surface area contributed by atoms with Gasteiger partial charge in [0.15, 0.2) is 5.96 Å². The summed E-state index contributed by atoms with van der Waals surface area (Å²) in [6, 6.07) is 0. The van der Waals surface area contributed by atoms with Gasteiger partial charge in [-0.05, 0) is 26.2 Å². The Morgan fingerprint density at radius 3 is 2.61 bits per heavy atom. The van der Waals surface area contributed by atoms with Crippen molar-refractivity contribution in [2.75, 3.05) is 40.0 Å². The number of halogens is 1. The number of aromatic nitrogens is 1. The first-order chi connectivity index (χ1) is 12.9. The lowest BCUT2D eigenvalue weighted by Gasteiger charge is -2.34. The molecule has 1 aliphatic rings. The number of piperidine rings is 1. The van der Waals surface area contributed by atoms with Crippen molar-refractivity contribution in [3.05, 3.63) is 17.8 Å². The third-order valence-electron chi connectivity index (χ3n) is 4.58. The largest absolute Gasteiger partial charge is 0.443 e. The van der Waals surface area contributed by atoms with Gasteiger partial charge in [0.1, 0.15) is 12.3 Å². The molecule has 0 radical (unpaired) electrons. The number of hydrogen-bond acceptors (Lipinski definition) is 5. The Hall–Kier alpha value is -0.870. The highest BCUT2D eigenvalue weighted by Gasteiger charge is 2.22. The van der Waals surface area contributed by atoms with Crippen LogP contribution in [0.15, 0.2) is 15.6 Å². The SMILES string of the molecule is CCNC(=NCc1ncc(C(C)(C)C)o1)N1CCC(OCCCOC)CC1.I. The Morgan fingerprint density at radius 2 is 2.04 bits per heavy atom. The summed E-state index contributed by atoms with van der Waals surface area (Å²) in [5.74, 6) is 2.47. The van der Waals surface area contributed by atoms with E-state index in [1.165, 1.54) is 0 Å². The summed E-state index contributed by atoms with van der Waals surface area (Å²) in [4.78, 5) is 11.4. The molecule has 8 heteroatoms. The van der Waals surface area contributed by atoms with Crippen molar-refractivity contribution in [2.45, 2.75) is 65.0 Å². The van der Waals surface area contributed by atoms with Crippen LogP contribution in [0, 0.1) is 0 Å². The summed E-state index contributed by atoms with van der Waals surface area (Å²) in [7, 11) is 1.72. The van der Waals surface area contributed by atoms with Crippen LogP contribution in [0.2, 0.25) is 0 Å². The van der Waals surface area contributed by atoms with Crippen molar-refractivity contribution in [2.24, 2.45) is 4.99 Å². The van der Waals surface area contributed by atoms with Gasteiger partial charge >= 0.3 is 0 Å². The molecule has 1 saturated heterocycles. The molecule has 0 spiro atoms. The summed E-state index contributed by atoms with van der Waals surface area (Å²) >= 11 is 0. The van der Waals surface area contributed by atoms with E-state index in [4.69, 9.17) is 18.9 Å². The van der Waals surface area contributed by atoms with Crippen molar-refractivity contribution in [1.29, 1.82) is 0 Å². The molecular formula is C20H37IN4O3. The molecule has 0 atom stereocenters. The molecule has 1 fully saturated rings. The highest BCUT2D eigenvalue weighted by Crippen LogP contribution is 2.23. The topological polar surface area (TPSA) is 72.1 Å². The molecule has 0 bridgehead atoms. The van der Waals surface area contributed by atoms with Crippen LogP contribution in [-0.2, 0) is 21.4 Å². The maximum atomic E-state index is 5.94. The van der Waals surface area contributed by atoms with E-state index in [2.05, 4.69) is 42.9 Å². The molecule has 0 amide bonds. The molecule has 7 nitrogen and oxygen atoms in total. The lowest BCUT2D eigenvalue weighted by atomic mass is 9.94. The lowest BCUT2D eigenvalue weighted by molar-refractivity contribution is 0.00989. The van der Waals surface area contributed by atoms with Gasteiger partial charge in [0.05, 0.1) is 12.3 Å². The summed E-state index contributed by atoms with van der Waals surface area (Å²) in [6.45, 7) is 13.1. The predicted molar refractivity (Wildman–Crippen MR) is 122 cm³/mol. The van der Waals surface area contributed by atoms with Crippen LogP contribution < -0.4 is 5.32 Å². The monoisotopic (exact) mass is 508 g/mol. The third-order valence-corrected chi connectivity index (χ3v) is 4.58. The first-order valence-corrected chi connectivity index (χ1v) is 10.0. The van der Waals surface area contributed by atoms with E-state index in [1.807, 2.05) is 6.20 Å². The van der Waals surface area contributed by atoms with Crippen molar-refractivity contribution in [3.8, 4) is 0 Å². The van der Waals surface area contributed by atoms with E-state index in [0.29, 0.717) is 18.5 Å². The summed E-state index contributed by atoms with van der Waals surface area (Å²) in [5, 5.41) is 3.38. The van der Waals surface area contributed by atoms with Crippen LogP contribution in [0.25, 0.3) is 0 Å². The molecule has 28 heavy (non-hydrogen) atoms. The summed E-state index contributed by atoms with van der Waals surface area (Å²) < 4.78 is 16.9. The number of nitrogens with one attached hydrogen (secondary N) is 1. The van der Waals surface area contributed by atoms with Gasteiger partial charge < -0.3 is 24.1 Å². The zero-order valence-electron chi connectivity index (χ0n) is 18.0. The minimum atomic E-state index is -0.0371. The molecule has 1 aromatic heterocycles. The fourth-order valence-corrected chi connectivity index (χ4v) is 2.99. The smallest absolute Gasteiger partial charge is 0.216 e. The third kappa shape index (κ3) is 8.24. The average Bonchev–Trinajstić information content (AvgIpc) is 3.12. The van der Waals surface area contributed by atoms with Crippen LogP contribution in [0.4, 0.5) is 0 Å². The molecule has 162 valence electrons. The van der Waals surface area contributed by atoms with E-state index < -0.39 is 0 Å². The highest BCUT2D eigenvalue weighted by atomic mass is 127. The number of likely N-dealkylation sites (tertiary alicyclic amines) is 1. The van der Waals surface area contributed by atoms with Gasteiger partial charge in [-0.2, -0.15) is 0 Å². The quantitative estimate of drug-likeness (QED) is 0.251. The normalized spacial score (nSPS) is 16.2. The number of ether oxygens (including phenoxy) is 2. The van der Waals surface area contributed by atoms with Gasteiger partial charge in [-0.1, -0.05) is 20.8 Å². The maximum absolute atomic E-state index is 5.94. The Balaban J connectivity index is 0.00000392. The molecule has 2 heterocycles. The van der Waals surface area contributed by atoms with Gasteiger partial charge in [0, 0.05) is 45.4 Å². The van der Waals surface area contributed by atoms with Gasteiger partial charge in [0.25, 0.3) is 0 Å².